The van der Waals surface area contributed by atoms with Gasteiger partial charge in [-0.2, -0.15) is 0 Å². The Morgan fingerprint density at radius 3 is 1.95 bits per heavy atom. The number of fused-ring (bicyclic) bond motifs is 2. The standard InChI is InChI=1S/C27H18S2Se2.F6P/c1-3-11-24-20(7-1)18(16-26(30-24)22-9-5-13-28-22)15-19-17-27(23-10-6-14-29-23)31-25-12-4-2-8-21(19)25;1-7(2,3,4,5)6/h1-17,30H;/q;-1/b19-15+;. The van der Waals surface area contributed by atoms with Crippen molar-refractivity contribution < 1.29 is 25.2 Å². The first-order valence-corrected chi connectivity index (χ1v) is 18.4. The van der Waals surface area contributed by atoms with Gasteiger partial charge in [-0.15, -0.1) is 0 Å². The summed E-state index contributed by atoms with van der Waals surface area (Å²) in [5, 5.41) is 4.37. The Balaban J connectivity index is 0.000000374. The van der Waals surface area contributed by atoms with Crippen molar-refractivity contribution in [3.8, 4) is 0 Å². The molecule has 2 aliphatic rings. The topological polar surface area (TPSA) is 0 Å². The first-order chi connectivity index (χ1) is 17.8. The molecule has 0 atom stereocenters. The molecule has 0 amide bonds. The van der Waals surface area contributed by atoms with Crippen LogP contribution in [-0.2, 0) is 0 Å². The molecule has 0 radical (unpaired) electrons. The number of halogens is 6. The third kappa shape index (κ3) is 7.55. The van der Waals surface area contributed by atoms with Crippen LogP contribution in [0, 0.1) is 0 Å². The van der Waals surface area contributed by atoms with Crippen LogP contribution in [0.15, 0.2) is 102 Å². The van der Waals surface area contributed by atoms with Crippen molar-refractivity contribution >= 4 is 88.9 Å². The monoisotopic (exact) mass is 711 g/mol. The van der Waals surface area contributed by atoms with Crippen molar-refractivity contribution in [2.24, 2.45) is 0 Å². The molecule has 0 nitrogen and oxygen atoms in total. The molecule has 2 aromatic carbocycles. The van der Waals surface area contributed by atoms with Gasteiger partial charge in [0.05, 0.1) is 0 Å². The molecule has 0 saturated carbocycles. The van der Waals surface area contributed by atoms with Gasteiger partial charge in [0.2, 0.25) is 0 Å². The van der Waals surface area contributed by atoms with Gasteiger partial charge in [0.1, 0.15) is 0 Å². The zero-order chi connectivity index (χ0) is 27.0. The van der Waals surface area contributed by atoms with Gasteiger partial charge in [-0.1, -0.05) is 0 Å². The maximum absolute atomic E-state index is 10.7. The van der Waals surface area contributed by atoms with Crippen LogP contribution < -0.4 is 8.92 Å². The van der Waals surface area contributed by atoms with E-state index in [1.54, 1.807) is 0 Å². The molecule has 0 bridgehead atoms. The fourth-order valence-electron chi connectivity index (χ4n) is 3.86. The third-order valence-electron chi connectivity index (χ3n) is 5.30. The summed E-state index contributed by atoms with van der Waals surface area (Å²) in [6.45, 7) is 0. The van der Waals surface area contributed by atoms with Crippen LogP contribution in [-0.4, -0.2) is 33.9 Å². The predicted octanol–water partition coefficient (Wildman–Crippen LogP) is 8.34. The zero-order valence-corrected chi connectivity index (χ0v) is 25.3. The van der Waals surface area contributed by atoms with Crippen LogP contribution in [0.25, 0.3) is 15.6 Å². The molecule has 2 aromatic heterocycles. The van der Waals surface area contributed by atoms with Crippen molar-refractivity contribution in [2.75, 3.05) is 0 Å². The Morgan fingerprint density at radius 1 is 0.684 bits per heavy atom. The fraction of sp³-hybridized carbons (Fsp3) is 0. The van der Waals surface area contributed by atoms with Gasteiger partial charge in [-0.25, -0.2) is 0 Å². The molecule has 6 rings (SSSR count). The average molecular weight is 709 g/mol. The summed E-state index contributed by atoms with van der Waals surface area (Å²) in [5.41, 5.74) is 5.45. The van der Waals surface area contributed by atoms with Crippen molar-refractivity contribution in [1.29, 1.82) is 0 Å². The maximum atomic E-state index is 9.87. The van der Waals surface area contributed by atoms with E-state index in [1.807, 2.05) is 22.7 Å². The second kappa shape index (κ2) is 9.87. The number of hydrogen-bond acceptors (Lipinski definition) is 2. The van der Waals surface area contributed by atoms with Crippen LogP contribution in [0.5, 0.6) is 0 Å². The van der Waals surface area contributed by atoms with Crippen molar-refractivity contribution in [3.63, 3.8) is 0 Å². The van der Waals surface area contributed by atoms with Gasteiger partial charge >= 0.3 is 237 Å². The summed E-state index contributed by atoms with van der Waals surface area (Å²) >= 11 is 4.06. The Labute approximate surface area is 235 Å². The van der Waals surface area contributed by atoms with Gasteiger partial charge in [0, 0.05) is 0 Å². The van der Waals surface area contributed by atoms with Crippen molar-refractivity contribution in [2.45, 2.75) is 0 Å². The predicted molar refractivity (Wildman–Crippen MR) is 155 cm³/mol. The van der Waals surface area contributed by atoms with Gasteiger partial charge in [0.15, 0.2) is 0 Å². The molecule has 0 fully saturated rings. The third-order valence-corrected chi connectivity index (χ3v) is 12.7. The quantitative estimate of drug-likeness (QED) is 0.114. The SMILES string of the molecule is C1=C(c2cccs2)[Se]c2ccccc2/C1=C/C1=CC(c2cccs2)=[SeH]c2ccccc21.F[P-](F)(F)(F)(F)F. The van der Waals surface area contributed by atoms with Gasteiger partial charge < -0.3 is 0 Å². The summed E-state index contributed by atoms with van der Waals surface area (Å²) in [7, 11) is -10.7. The summed E-state index contributed by atoms with van der Waals surface area (Å²) in [6, 6.07) is 26.8. The number of hydrogen-bond donors (Lipinski definition) is 0. The van der Waals surface area contributed by atoms with E-state index in [1.165, 1.54) is 49.8 Å². The molecule has 4 aromatic rings. The summed E-state index contributed by atoms with van der Waals surface area (Å²) in [5.74, 6) is 0. The molecule has 4 heterocycles. The van der Waals surface area contributed by atoms with Crippen LogP contribution in [0.2, 0.25) is 0 Å². The van der Waals surface area contributed by atoms with Crippen LogP contribution in [0.1, 0.15) is 20.9 Å². The van der Waals surface area contributed by atoms with E-state index in [2.05, 4.69) is 102 Å². The second-order valence-electron chi connectivity index (χ2n) is 8.23. The van der Waals surface area contributed by atoms with E-state index in [4.69, 9.17) is 0 Å². The molecule has 2 aliphatic heterocycles. The summed E-state index contributed by atoms with van der Waals surface area (Å²) in [6.07, 6.45) is 7.31. The average Bonchev–Trinajstić information content (AvgIpc) is 3.57. The van der Waals surface area contributed by atoms with E-state index in [0.717, 1.165) is 0 Å². The van der Waals surface area contributed by atoms with Gasteiger partial charge in [0.25, 0.3) is 0 Å². The normalized spacial score (nSPS) is 17.7. The fourth-order valence-corrected chi connectivity index (χ4v) is 10.8. The molecule has 0 saturated heterocycles. The van der Waals surface area contributed by atoms with Crippen LogP contribution in [0.4, 0.5) is 25.2 Å². The van der Waals surface area contributed by atoms with E-state index in [-0.39, 0.29) is 14.5 Å². The van der Waals surface area contributed by atoms with Crippen molar-refractivity contribution in [1.82, 2.24) is 0 Å². The molecule has 38 heavy (non-hydrogen) atoms. The van der Waals surface area contributed by atoms with Gasteiger partial charge in [-0.3, -0.25) is 0 Å². The summed E-state index contributed by atoms with van der Waals surface area (Å²) in [4.78, 5) is 2.81. The molecule has 11 heteroatoms. The first-order valence-electron chi connectivity index (χ1n) is 11.0. The van der Waals surface area contributed by atoms with Gasteiger partial charge in [-0.05, 0) is 0 Å². The van der Waals surface area contributed by atoms with E-state index in [0.29, 0.717) is 15.0 Å². The molecule has 0 aliphatic carbocycles. The zero-order valence-electron chi connectivity index (χ0n) is 19.2. The molecule has 0 unspecified atom stereocenters. The van der Waals surface area contributed by atoms with Crippen LogP contribution >= 0.6 is 30.5 Å². The Bertz CT molecular complexity index is 1610. The first kappa shape index (κ1) is 27.5. The molecular formula is C27H18F6PS2Se2-. The van der Waals surface area contributed by atoms with Crippen molar-refractivity contribution in [3.05, 3.63) is 123 Å². The Hall–Kier alpha value is -2.02. The molecule has 0 N–H and O–H groups in total. The van der Waals surface area contributed by atoms with Crippen LogP contribution in [0.3, 0.4) is 0 Å². The number of allylic oxidation sites excluding steroid dienone is 5. The Morgan fingerprint density at radius 2 is 1.29 bits per heavy atom. The second-order valence-corrected chi connectivity index (χ2v) is 16.8. The molecule has 0 spiro atoms. The minimum absolute atomic E-state index is 0.0137. The number of rotatable bonds is 3. The Kier molecular flexibility index (Phi) is 7.15. The van der Waals surface area contributed by atoms with E-state index in [9.17, 15) is 25.2 Å². The minimum atomic E-state index is -10.7. The molecule has 198 valence electrons. The summed E-state index contributed by atoms with van der Waals surface area (Å²) < 4.78 is 65.2. The number of thiophene rings is 2. The molecular weight excluding hydrogens is 691 g/mol. The number of benzene rings is 2. The van der Waals surface area contributed by atoms with E-state index >= 15 is 0 Å². The van der Waals surface area contributed by atoms with E-state index < -0.39 is 7.81 Å².